The Kier molecular flexibility index (Phi) is 4.21. The van der Waals surface area contributed by atoms with Gasteiger partial charge in [0.15, 0.2) is 5.13 Å². The molecule has 1 aromatic carbocycles. The third-order valence-electron chi connectivity index (χ3n) is 3.15. The van der Waals surface area contributed by atoms with Crippen LogP contribution in [0.3, 0.4) is 0 Å². The maximum atomic E-state index is 11.5. The van der Waals surface area contributed by atoms with Gasteiger partial charge in [0, 0.05) is 23.5 Å². The molecule has 3 rings (SSSR count). The number of amides is 1. The van der Waals surface area contributed by atoms with Crippen molar-refractivity contribution in [1.82, 2.24) is 10.3 Å². The second-order valence-corrected chi connectivity index (χ2v) is 6.95. The molecule has 106 valence electrons. The zero-order valence-electron chi connectivity index (χ0n) is 11.0. The van der Waals surface area contributed by atoms with Crippen LogP contribution in [0.1, 0.15) is 25.7 Å². The van der Waals surface area contributed by atoms with Crippen molar-refractivity contribution in [2.75, 3.05) is 11.9 Å². The molecular weight excluding hydrogens is 338 g/mol. The highest BCUT2D eigenvalue weighted by Crippen LogP contribution is 2.28. The lowest BCUT2D eigenvalue weighted by Gasteiger charge is -2.03. The SMILES string of the molecule is O=C(CCCNc1nc2cc(Br)ccc2s1)NC1CC1. The summed E-state index contributed by atoms with van der Waals surface area (Å²) < 4.78 is 2.21. The topological polar surface area (TPSA) is 54.0 Å². The second-order valence-electron chi connectivity index (χ2n) is 5.00. The summed E-state index contributed by atoms with van der Waals surface area (Å²) in [7, 11) is 0. The number of thiazole rings is 1. The third-order valence-corrected chi connectivity index (χ3v) is 4.64. The van der Waals surface area contributed by atoms with Gasteiger partial charge in [-0.1, -0.05) is 27.3 Å². The molecule has 20 heavy (non-hydrogen) atoms. The standard InChI is InChI=1S/C14H16BrN3OS/c15-9-3-6-12-11(8-9)18-14(20-12)16-7-1-2-13(19)17-10-4-5-10/h3,6,8,10H,1-2,4-5,7H2,(H,16,18)(H,17,19). The van der Waals surface area contributed by atoms with Crippen LogP contribution in [0, 0.1) is 0 Å². The van der Waals surface area contributed by atoms with Crippen molar-refractivity contribution in [3.8, 4) is 0 Å². The summed E-state index contributed by atoms with van der Waals surface area (Å²) in [6, 6.07) is 6.55. The van der Waals surface area contributed by atoms with Crippen LogP contribution in [0.25, 0.3) is 10.2 Å². The highest BCUT2D eigenvalue weighted by molar-refractivity contribution is 9.10. The second kappa shape index (κ2) is 6.10. The van der Waals surface area contributed by atoms with Gasteiger partial charge in [0.2, 0.25) is 5.91 Å². The van der Waals surface area contributed by atoms with Crippen molar-refractivity contribution in [3.05, 3.63) is 22.7 Å². The molecule has 1 amide bonds. The van der Waals surface area contributed by atoms with E-state index in [9.17, 15) is 4.79 Å². The Bertz CT molecular complexity index is 624. The van der Waals surface area contributed by atoms with Gasteiger partial charge in [0.05, 0.1) is 10.2 Å². The van der Waals surface area contributed by atoms with E-state index in [4.69, 9.17) is 0 Å². The Morgan fingerprint density at radius 2 is 2.30 bits per heavy atom. The predicted molar refractivity (Wildman–Crippen MR) is 86.2 cm³/mol. The van der Waals surface area contributed by atoms with Crippen LogP contribution in [0.4, 0.5) is 5.13 Å². The normalized spacial score (nSPS) is 14.4. The van der Waals surface area contributed by atoms with Crippen LogP contribution in [0.2, 0.25) is 0 Å². The number of aromatic nitrogens is 1. The van der Waals surface area contributed by atoms with Gasteiger partial charge in [-0.3, -0.25) is 4.79 Å². The highest BCUT2D eigenvalue weighted by Gasteiger charge is 2.22. The molecule has 1 aliphatic carbocycles. The number of halogens is 1. The number of fused-ring (bicyclic) bond motifs is 1. The average Bonchev–Trinajstić information content (AvgIpc) is 3.12. The molecule has 1 saturated carbocycles. The van der Waals surface area contributed by atoms with Crippen LogP contribution in [0.15, 0.2) is 22.7 Å². The minimum atomic E-state index is 0.169. The number of carbonyl (C=O) groups excluding carboxylic acids is 1. The van der Waals surface area contributed by atoms with Crippen LogP contribution in [-0.4, -0.2) is 23.5 Å². The first kappa shape index (κ1) is 13.8. The van der Waals surface area contributed by atoms with E-state index < -0.39 is 0 Å². The Morgan fingerprint density at radius 1 is 1.45 bits per heavy atom. The van der Waals surface area contributed by atoms with Gasteiger partial charge in [-0.05, 0) is 37.5 Å². The van der Waals surface area contributed by atoms with Crippen molar-refractivity contribution in [2.24, 2.45) is 0 Å². The summed E-state index contributed by atoms with van der Waals surface area (Å²) >= 11 is 5.09. The minimum Gasteiger partial charge on any atom is -0.361 e. The van der Waals surface area contributed by atoms with Crippen LogP contribution in [0.5, 0.6) is 0 Å². The number of rotatable bonds is 6. The molecule has 1 heterocycles. The van der Waals surface area contributed by atoms with E-state index in [1.807, 2.05) is 12.1 Å². The van der Waals surface area contributed by atoms with E-state index in [1.165, 1.54) is 4.70 Å². The highest BCUT2D eigenvalue weighted by atomic mass is 79.9. The smallest absolute Gasteiger partial charge is 0.220 e. The first-order valence-corrected chi connectivity index (χ1v) is 8.41. The minimum absolute atomic E-state index is 0.169. The molecule has 1 aliphatic rings. The van der Waals surface area contributed by atoms with E-state index in [2.05, 4.69) is 37.6 Å². The van der Waals surface area contributed by atoms with E-state index in [-0.39, 0.29) is 5.91 Å². The Morgan fingerprint density at radius 3 is 3.10 bits per heavy atom. The van der Waals surface area contributed by atoms with Crippen LogP contribution >= 0.6 is 27.3 Å². The molecule has 1 fully saturated rings. The number of carbonyl (C=O) groups is 1. The van der Waals surface area contributed by atoms with Crippen molar-refractivity contribution < 1.29 is 4.79 Å². The van der Waals surface area contributed by atoms with Gasteiger partial charge in [0.25, 0.3) is 0 Å². The fourth-order valence-electron chi connectivity index (χ4n) is 1.95. The lowest BCUT2D eigenvalue weighted by atomic mass is 10.3. The summed E-state index contributed by atoms with van der Waals surface area (Å²) in [5, 5.41) is 7.20. The van der Waals surface area contributed by atoms with Gasteiger partial charge in [-0.2, -0.15) is 0 Å². The monoisotopic (exact) mass is 353 g/mol. The van der Waals surface area contributed by atoms with E-state index in [1.54, 1.807) is 11.3 Å². The number of nitrogens with zero attached hydrogens (tertiary/aromatic N) is 1. The molecule has 2 N–H and O–H groups in total. The van der Waals surface area contributed by atoms with E-state index in [0.29, 0.717) is 12.5 Å². The van der Waals surface area contributed by atoms with Crippen molar-refractivity contribution in [1.29, 1.82) is 0 Å². The summed E-state index contributed by atoms with van der Waals surface area (Å²) in [4.78, 5) is 16.1. The number of benzene rings is 1. The lowest BCUT2D eigenvalue weighted by molar-refractivity contribution is -0.121. The molecule has 0 spiro atoms. The maximum absolute atomic E-state index is 11.5. The first-order chi connectivity index (χ1) is 9.70. The van der Waals surface area contributed by atoms with E-state index in [0.717, 1.165) is 40.9 Å². The first-order valence-electron chi connectivity index (χ1n) is 6.80. The van der Waals surface area contributed by atoms with Gasteiger partial charge < -0.3 is 10.6 Å². The summed E-state index contributed by atoms with van der Waals surface area (Å²) in [6.07, 6.45) is 3.70. The molecule has 2 aromatic rings. The number of nitrogens with one attached hydrogen (secondary N) is 2. The van der Waals surface area contributed by atoms with Crippen LogP contribution in [-0.2, 0) is 4.79 Å². The molecule has 0 radical (unpaired) electrons. The van der Waals surface area contributed by atoms with Crippen molar-refractivity contribution in [2.45, 2.75) is 31.7 Å². The molecule has 0 atom stereocenters. The molecule has 0 bridgehead atoms. The maximum Gasteiger partial charge on any atom is 0.220 e. The summed E-state index contributed by atoms with van der Waals surface area (Å²) in [5.41, 5.74) is 0.998. The van der Waals surface area contributed by atoms with Gasteiger partial charge in [-0.15, -0.1) is 0 Å². The quantitative estimate of drug-likeness (QED) is 0.781. The van der Waals surface area contributed by atoms with Crippen molar-refractivity contribution in [3.63, 3.8) is 0 Å². The third kappa shape index (κ3) is 3.70. The number of hydrogen-bond donors (Lipinski definition) is 2. The Labute approximate surface area is 130 Å². The molecule has 4 nitrogen and oxygen atoms in total. The molecule has 0 unspecified atom stereocenters. The van der Waals surface area contributed by atoms with E-state index >= 15 is 0 Å². The van der Waals surface area contributed by atoms with Gasteiger partial charge in [0.1, 0.15) is 0 Å². The molecule has 1 aromatic heterocycles. The summed E-state index contributed by atoms with van der Waals surface area (Å²) in [6.45, 7) is 0.777. The fraction of sp³-hybridized carbons (Fsp3) is 0.429. The molecule has 0 saturated heterocycles. The molecular formula is C14H16BrN3OS. The lowest BCUT2D eigenvalue weighted by Crippen LogP contribution is -2.25. The largest absolute Gasteiger partial charge is 0.361 e. The van der Waals surface area contributed by atoms with Crippen LogP contribution < -0.4 is 10.6 Å². The predicted octanol–water partition coefficient (Wildman–Crippen LogP) is 3.53. The molecule has 0 aliphatic heterocycles. The van der Waals surface area contributed by atoms with Gasteiger partial charge in [-0.25, -0.2) is 4.98 Å². The zero-order chi connectivity index (χ0) is 13.9. The Balaban J connectivity index is 1.45. The summed E-state index contributed by atoms with van der Waals surface area (Å²) in [5.74, 6) is 0.169. The zero-order valence-corrected chi connectivity index (χ0v) is 13.4. The molecule has 6 heteroatoms. The Hall–Kier alpha value is -1.14. The number of hydrogen-bond acceptors (Lipinski definition) is 4. The average molecular weight is 354 g/mol. The number of anilines is 1. The van der Waals surface area contributed by atoms with Crippen molar-refractivity contribution >= 4 is 48.5 Å². The fourth-order valence-corrected chi connectivity index (χ4v) is 3.17. The van der Waals surface area contributed by atoms with Gasteiger partial charge >= 0.3 is 0 Å².